The highest BCUT2D eigenvalue weighted by Gasteiger charge is 2.48. The number of halogens is 1. The highest BCUT2D eigenvalue weighted by Crippen LogP contribution is 2.41. The van der Waals surface area contributed by atoms with Gasteiger partial charge in [-0.2, -0.15) is 11.3 Å². The van der Waals surface area contributed by atoms with Crippen molar-refractivity contribution in [3.63, 3.8) is 0 Å². The summed E-state index contributed by atoms with van der Waals surface area (Å²) in [5.41, 5.74) is 0.340. The van der Waals surface area contributed by atoms with Gasteiger partial charge in [-0.3, -0.25) is 9.59 Å². The summed E-state index contributed by atoms with van der Waals surface area (Å²) in [5.74, 6) is 0.772. The second kappa shape index (κ2) is 11.6. The molecular weight excluding hydrogens is 528 g/mol. The first kappa shape index (κ1) is 26.2. The summed E-state index contributed by atoms with van der Waals surface area (Å²) in [7, 11) is 0. The second-order valence-corrected chi connectivity index (χ2v) is 12.1. The fourth-order valence-corrected chi connectivity index (χ4v) is 7.08. The molecule has 1 saturated carbocycles. The van der Waals surface area contributed by atoms with Gasteiger partial charge in [0, 0.05) is 24.0 Å². The smallest absolute Gasteiger partial charge is 0.242 e. The van der Waals surface area contributed by atoms with Crippen molar-refractivity contribution < 1.29 is 19.4 Å². The van der Waals surface area contributed by atoms with E-state index in [0.717, 1.165) is 31.2 Å². The monoisotopic (exact) mass is 556 g/mol. The molecule has 1 aromatic carbocycles. The number of piperidine rings is 1. The van der Waals surface area contributed by atoms with Gasteiger partial charge in [0.05, 0.1) is 17.3 Å². The Morgan fingerprint density at radius 3 is 2.57 bits per heavy atom. The zero-order valence-electron chi connectivity index (χ0n) is 20.3. The van der Waals surface area contributed by atoms with Crippen LogP contribution in [0.4, 0.5) is 0 Å². The quantitative estimate of drug-likeness (QED) is 0.358. The molecule has 2 atom stereocenters. The molecule has 9 heteroatoms. The van der Waals surface area contributed by atoms with Gasteiger partial charge >= 0.3 is 0 Å². The van der Waals surface area contributed by atoms with Gasteiger partial charge in [-0.15, -0.1) is 11.8 Å². The number of hydrogen-bond acceptors (Lipinski definition) is 7. The maximum absolute atomic E-state index is 13.5. The van der Waals surface area contributed by atoms with Gasteiger partial charge in [0.1, 0.15) is 10.8 Å². The molecule has 1 aliphatic carbocycles. The van der Waals surface area contributed by atoms with Crippen LogP contribution < -0.4 is 10.1 Å². The standard InChI is InChI=1S/C28H29ClN2O4S2/c29-21-4-1-2-5-23(21)37-26-22(33)14-28(31-27(26)34,20-12-13-36-17-20)24-6-3-7-25(30-24)35-16-19-10-8-18(15-32)9-11-19/h1-7,12-13,17-19,26,32H,8-11,14-16H2,(H,31,34). The number of amides is 1. The summed E-state index contributed by atoms with van der Waals surface area (Å²) in [4.78, 5) is 32.4. The molecule has 2 fully saturated rings. The first-order valence-corrected chi connectivity index (χ1v) is 14.7. The number of hydrogen-bond donors (Lipinski definition) is 2. The Morgan fingerprint density at radius 1 is 1.08 bits per heavy atom. The number of carbonyl (C=O) groups is 2. The Morgan fingerprint density at radius 2 is 1.86 bits per heavy atom. The average Bonchev–Trinajstić information content (AvgIpc) is 3.47. The van der Waals surface area contributed by atoms with Crippen LogP contribution in [0.2, 0.25) is 5.02 Å². The minimum atomic E-state index is -1.07. The lowest BCUT2D eigenvalue weighted by Crippen LogP contribution is -2.58. The van der Waals surface area contributed by atoms with Crippen LogP contribution in [0.15, 0.2) is 64.2 Å². The molecule has 0 bridgehead atoms. The molecule has 2 N–H and O–H groups in total. The zero-order chi connectivity index (χ0) is 25.8. The number of rotatable bonds is 8. The zero-order valence-corrected chi connectivity index (χ0v) is 22.7. The van der Waals surface area contributed by atoms with Gasteiger partial charge in [-0.05, 0) is 78.1 Å². The number of aliphatic hydroxyl groups is 1. The van der Waals surface area contributed by atoms with E-state index in [9.17, 15) is 14.7 Å². The van der Waals surface area contributed by atoms with Crippen molar-refractivity contribution in [3.8, 4) is 5.88 Å². The number of nitrogens with one attached hydrogen (secondary N) is 1. The van der Waals surface area contributed by atoms with E-state index in [-0.39, 0.29) is 24.7 Å². The predicted octanol–water partition coefficient (Wildman–Crippen LogP) is 5.47. The number of ketones is 1. The summed E-state index contributed by atoms with van der Waals surface area (Å²) in [5, 5.41) is 16.0. The van der Waals surface area contributed by atoms with Crippen LogP contribution in [0, 0.1) is 11.8 Å². The van der Waals surface area contributed by atoms with E-state index < -0.39 is 10.8 Å². The van der Waals surface area contributed by atoms with Gasteiger partial charge in [-0.25, -0.2) is 4.98 Å². The summed E-state index contributed by atoms with van der Waals surface area (Å²) in [6.45, 7) is 0.811. The lowest BCUT2D eigenvalue weighted by Gasteiger charge is -2.39. The van der Waals surface area contributed by atoms with Crippen LogP contribution >= 0.6 is 34.7 Å². The van der Waals surface area contributed by atoms with Crippen LogP contribution in [0.1, 0.15) is 43.4 Å². The van der Waals surface area contributed by atoms with Gasteiger partial charge in [0.25, 0.3) is 0 Å². The Balaban J connectivity index is 1.36. The van der Waals surface area contributed by atoms with Crippen LogP contribution in [-0.4, -0.2) is 40.2 Å². The molecule has 2 aromatic heterocycles. The first-order chi connectivity index (χ1) is 18.0. The molecule has 0 radical (unpaired) electrons. The van der Waals surface area contributed by atoms with Crippen molar-refractivity contribution in [2.45, 2.75) is 47.8 Å². The summed E-state index contributed by atoms with van der Waals surface area (Å²) in [6.07, 6.45) is 4.17. The van der Waals surface area contributed by atoms with Crippen LogP contribution in [-0.2, 0) is 15.1 Å². The molecule has 37 heavy (non-hydrogen) atoms. The molecule has 3 aromatic rings. The third-order valence-corrected chi connectivity index (χ3v) is 9.70. The van der Waals surface area contributed by atoms with Gasteiger partial charge in [0.15, 0.2) is 5.78 Å². The van der Waals surface area contributed by atoms with Crippen LogP contribution in [0.5, 0.6) is 5.88 Å². The molecule has 5 rings (SSSR count). The molecule has 6 nitrogen and oxygen atoms in total. The predicted molar refractivity (Wildman–Crippen MR) is 146 cm³/mol. The Bertz CT molecular complexity index is 1230. The topological polar surface area (TPSA) is 88.5 Å². The van der Waals surface area contributed by atoms with Gasteiger partial charge in [0.2, 0.25) is 11.8 Å². The normalized spacial score (nSPS) is 26.1. The highest BCUT2D eigenvalue weighted by atomic mass is 35.5. The molecule has 194 valence electrons. The number of aliphatic hydroxyl groups excluding tert-OH is 1. The number of ether oxygens (including phenoxy) is 1. The molecule has 2 unspecified atom stereocenters. The highest BCUT2D eigenvalue weighted by molar-refractivity contribution is 8.01. The maximum Gasteiger partial charge on any atom is 0.242 e. The van der Waals surface area contributed by atoms with Crippen molar-refractivity contribution >= 4 is 46.4 Å². The Kier molecular flexibility index (Phi) is 8.19. The van der Waals surface area contributed by atoms with E-state index >= 15 is 0 Å². The van der Waals surface area contributed by atoms with Crippen LogP contribution in [0.3, 0.4) is 0 Å². The first-order valence-electron chi connectivity index (χ1n) is 12.5. The molecule has 2 aliphatic rings. The molecule has 1 saturated heterocycles. The number of Topliss-reactive ketones (excluding diaryl/α,β-unsaturated/α-hetero) is 1. The van der Waals surface area contributed by atoms with Crippen molar-refractivity contribution in [3.05, 3.63) is 75.6 Å². The minimum absolute atomic E-state index is 0.0826. The van der Waals surface area contributed by atoms with Crippen molar-refractivity contribution in [2.24, 2.45) is 11.8 Å². The van der Waals surface area contributed by atoms with Gasteiger partial charge in [-0.1, -0.05) is 29.8 Å². The van der Waals surface area contributed by atoms with E-state index in [4.69, 9.17) is 21.3 Å². The summed E-state index contributed by atoms with van der Waals surface area (Å²) in [6, 6.07) is 14.6. The molecule has 1 amide bonds. The third-order valence-electron chi connectivity index (χ3n) is 7.25. The van der Waals surface area contributed by atoms with Crippen molar-refractivity contribution in [1.29, 1.82) is 0 Å². The number of thioether (sulfide) groups is 1. The second-order valence-electron chi connectivity index (χ2n) is 9.72. The Hall–Kier alpha value is -2.39. The fraction of sp³-hybridized carbons (Fsp3) is 0.393. The maximum atomic E-state index is 13.5. The van der Waals surface area contributed by atoms with E-state index in [1.165, 1.54) is 23.1 Å². The number of thiophene rings is 1. The number of benzene rings is 1. The average molecular weight is 557 g/mol. The van der Waals surface area contributed by atoms with Crippen molar-refractivity contribution in [1.82, 2.24) is 10.3 Å². The molecular formula is C28H29ClN2O4S2. The molecule has 1 aliphatic heterocycles. The third kappa shape index (κ3) is 5.72. The molecule has 0 spiro atoms. The van der Waals surface area contributed by atoms with E-state index in [1.807, 2.05) is 53.2 Å². The van der Waals surface area contributed by atoms with Gasteiger partial charge < -0.3 is 15.2 Å². The number of carbonyl (C=O) groups excluding carboxylic acids is 2. The number of nitrogens with zero attached hydrogens (tertiary/aromatic N) is 1. The SMILES string of the molecule is O=C1CC(c2ccsc2)(c2cccc(OCC3CCC(CO)CC3)n2)NC(=O)C1Sc1ccccc1Cl. The summed E-state index contributed by atoms with van der Waals surface area (Å²) < 4.78 is 6.09. The Labute approximate surface area is 229 Å². The lowest BCUT2D eigenvalue weighted by molar-refractivity contribution is -0.133. The number of pyridine rings is 1. The minimum Gasteiger partial charge on any atom is -0.477 e. The van der Waals surface area contributed by atoms with E-state index in [0.29, 0.717) is 39.9 Å². The van der Waals surface area contributed by atoms with E-state index in [2.05, 4.69) is 5.32 Å². The number of aromatic nitrogens is 1. The van der Waals surface area contributed by atoms with Crippen LogP contribution in [0.25, 0.3) is 0 Å². The van der Waals surface area contributed by atoms with Crippen molar-refractivity contribution in [2.75, 3.05) is 13.2 Å². The lowest BCUT2D eigenvalue weighted by atomic mass is 9.79. The molecule has 3 heterocycles. The van der Waals surface area contributed by atoms with E-state index in [1.54, 1.807) is 6.07 Å². The summed E-state index contributed by atoms with van der Waals surface area (Å²) >= 11 is 8.98. The fourth-order valence-electron chi connectivity index (χ4n) is 5.11. The largest absolute Gasteiger partial charge is 0.477 e.